The predicted molar refractivity (Wildman–Crippen MR) is 71.9 cm³/mol. The molecule has 0 saturated heterocycles. The minimum Gasteiger partial charge on any atom is -0.360 e. The molecule has 0 bridgehead atoms. The largest absolute Gasteiger partial charge is 0.416 e. The summed E-state index contributed by atoms with van der Waals surface area (Å²) in [6, 6.07) is 4.72. The summed E-state index contributed by atoms with van der Waals surface area (Å²) in [5.74, 6) is 0. The molecule has 2 aromatic heterocycles. The number of hydrogen-bond acceptors (Lipinski definition) is 5. The normalized spacial score (nSPS) is 13.0. The second kappa shape index (κ2) is 4.85. The Labute approximate surface area is 119 Å². The Bertz CT molecular complexity index is 899. The van der Waals surface area contributed by atoms with Crippen molar-refractivity contribution >= 4 is 28.2 Å². The summed E-state index contributed by atoms with van der Waals surface area (Å²) in [5, 5.41) is 6.43. The molecule has 0 unspecified atom stereocenters. The minimum absolute atomic E-state index is 0.239. The maximum atomic E-state index is 12.6. The SMILES string of the molecule is O=c1/c(=C/Nc2cccc(C(F)(F)F)c2)sc2ncnn12. The molecule has 0 amide bonds. The summed E-state index contributed by atoms with van der Waals surface area (Å²) in [6.07, 6.45) is -1.80. The van der Waals surface area contributed by atoms with Gasteiger partial charge in [0, 0.05) is 11.9 Å². The lowest BCUT2D eigenvalue weighted by molar-refractivity contribution is -0.137. The summed E-state index contributed by atoms with van der Waals surface area (Å²) < 4.78 is 39.2. The Kier molecular flexibility index (Phi) is 3.13. The van der Waals surface area contributed by atoms with E-state index in [1.54, 1.807) is 0 Å². The lowest BCUT2D eigenvalue weighted by atomic mass is 10.2. The van der Waals surface area contributed by atoms with Crippen LogP contribution in [0.3, 0.4) is 0 Å². The minimum atomic E-state index is -4.41. The fourth-order valence-electron chi connectivity index (χ4n) is 1.71. The van der Waals surface area contributed by atoms with E-state index >= 15 is 0 Å². The first-order chi connectivity index (χ1) is 9.95. The fraction of sp³-hybridized carbons (Fsp3) is 0.0833. The number of thiazole rings is 1. The number of halogens is 3. The predicted octanol–water partition coefficient (Wildman–Crippen LogP) is 1.74. The highest BCUT2D eigenvalue weighted by atomic mass is 32.1. The van der Waals surface area contributed by atoms with Crippen LogP contribution in [0.25, 0.3) is 11.2 Å². The molecule has 0 atom stereocenters. The first-order valence-electron chi connectivity index (χ1n) is 5.72. The lowest BCUT2D eigenvalue weighted by Gasteiger charge is -2.08. The summed E-state index contributed by atoms with van der Waals surface area (Å²) in [4.78, 5) is 16.2. The highest BCUT2D eigenvalue weighted by molar-refractivity contribution is 7.15. The average molecular weight is 312 g/mol. The number of rotatable bonds is 2. The van der Waals surface area contributed by atoms with Gasteiger partial charge in [0.05, 0.1) is 5.56 Å². The molecule has 21 heavy (non-hydrogen) atoms. The van der Waals surface area contributed by atoms with Gasteiger partial charge in [-0.15, -0.1) is 0 Å². The van der Waals surface area contributed by atoms with Gasteiger partial charge in [-0.1, -0.05) is 17.4 Å². The van der Waals surface area contributed by atoms with Crippen LogP contribution in [-0.4, -0.2) is 14.6 Å². The monoisotopic (exact) mass is 312 g/mol. The standard InChI is InChI=1S/C12H7F3N4OS/c13-12(14,15)7-2-1-3-8(4-7)16-5-9-10(20)19-11(21-9)17-6-18-19/h1-6,16H/b9-5-. The Balaban J connectivity index is 1.94. The van der Waals surface area contributed by atoms with Gasteiger partial charge < -0.3 is 5.32 Å². The van der Waals surface area contributed by atoms with Gasteiger partial charge in [0.15, 0.2) is 0 Å². The van der Waals surface area contributed by atoms with Crippen molar-refractivity contribution < 1.29 is 13.2 Å². The second-order valence-corrected chi connectivity index (χ2v) is 5.10. The van der Waals surface area contributed by atoms with E-state index in [1.807, 2.05) is 0 Å². The van der Waals surface area contributed by atoms with E-state index in [9.17, 15) is 18.0 Å². The van der Waals surface area contributed by atoms with Crippen LogP contribution in [0.1, 0.15) is 5.56 Å². The smallest absolute Gasteiger partial charge is 0.360 e. The zero-order chi connectivity index (χ0) is 15.0. The molecule has 9 heteroatoms. The van der Waals surface area contributed by atoms with E-state index in [1.165, 1.54) is 24.7 Å². The topological polar surface area (TPSA) is 59.3 Å². The molecule has 108 valence electrons. The third-order valence-corrected chi connectivity index (χ3v) is 3.65. The molecule has 0 aliphatic rings. The van der Waals surface area contributed by atoms with Crippen molar-refractivity contribution in [1.82, 2.24) is 14.6 Å². The molecule has 0 aliphatic carbocycles. The molecule has 0 spiro atoms. The third-order valence-electron chi connectivity index (χ3n) is 2.68. The van der Waals surface area contributed by atoms with Gasteiger partial charge in [-0.2, -0.15) is 22.8 Å². The van der Waals surface area contributed by atoms with E-state index in [4.69, 9.17) is 0 Å². The number of hydrogen-bond donors (Lipinski definition) is 1. The third kappa shape index (κ3) is 2.59. The number of aromatic nitrogens is 3. The van der Waals surface area contributed by atoms with Crippen molar-refractivity contribution in [2.24, 2.45) is 0 Å². The van der Waals surface area contributed by atoms with Gasteiger partial charge >= 0.3 is 6.18 Å². The van der Waals surface area contributed by atoms with E-state index in [2.05, 4.69) is 15.4 Å². The lowest BCUT2D eigenvalue weighted by Crippen LogP contribution is -2.24. The van der Waals surface area contributed by atoms with Gasteiger partial charge in [0.2, 0.25) is 4.96 Å². The molecule has 3 rings (SSSR count). The van der Waals surface area contributed by atoms with Crippen molar-refractivity contribution in [3.63, 3.8) is 0 Å². The zero-order valence-electron chi connectivity index (χ0n) is 10.3. The first-order valence-corrected chi connectivity index (χ1v) is 6.53. The highest BCUT2D eigenvalue weighted by Gasteiger charge is 2.30. The number of alkyl halides is 3. The van der Waals surface area contributed by atoms with E-state index in [0.717, 1.165) is 28.0 Å². The van der Waals surface area contributed by atoms with Crippen LogP contribution in [0.15, 0.2) is 35.4 Å². The van der Waals surface area contributed by atoms with Gasteiger partial charge in [0.1, 0.15) is 10.9 Å². The highest BCUT2D eigenvalue weighted by Crippen LogP contribution is 2.30. The molecule has 5 nitrogen and oxygen atoms in total. The maximum Gasteiger partial charge on any atom is 0.416 e. The van der Waals surface area contributed by atoms with Crippen molar-refractivity contribution in [3.8, 4) is 0 Å². The molecule has 0 fully saturated rings. The molecule has 1 N–H and O–H groups in total. The summed E-state index contributed by atoms with van der Waals surface area (Å²) in [7, 11) is 0. The number of fused-ring (bicyclic) bond motifs is 1. The quantitative estimate of drug-likeness (QED) is 0.783. The molecule has 2 heterocycles. The molecular formula is C12H7F3N4OS. The van der Waals surface area contributed by atoms with Gasteiger partial charge in [0.25, 0.3) is 5.56 Å². The Morgan fingerprint density at radius 1 is 1.33 bits per heavy atom. The Morgan fingerprint density at radius 2 is 2.14 bits per heavy atom. The van der Waals surface area contributed by atoms with Crippen molar-refractivity contribution in [2.75, 3.05) is 5.32 Å². The number of nitrogens with one attached hydrogen (secondary N) is 1. The van der Waals surface area contributed by atoms with Crippen LogP contribution < -0.4 is 15.4 Å². The second-order valence-electron chi connectivity index (χ2n) is 4.09. The van der Waals surface area contributed by atoms with Crippen molar-refractivity contribution in [1.29, 1.82) is 0 Å². The summed E-state index contributed by atoms with van der Waals surface area (Å²) >= 11 is 1.10. The van der Waals surface area contributed by atoms with Gasteiger partial charge in [-0.05, 0) is 18.2 Å². The molecular weight excluding hydrogens is 305 g/mol. The number of nitrogens with zero attached hydrogens (tertiary/aromatic N) is 3. The number of anilines is 1. The number of benzene rings is 1. The van der Waals surface area contributed by atoms with Crippen LogP contribution in [-0.2, 0) is 6.18 Å². The van der Waals surface area contributed by atoms with Crippen molar-refractivity contribution in [2.45, 2.75) is 6.18 Å². The Morgan fingerprint density at radius 3 is 2.86 bits per heavy atom. The molecule has 1 aromatic carbocycles. The first kappa shape index (κ1) is 13.6. The molecule has 3 aromatic rings. The van der Waals surface area contributed by atoms with Crippen LogP contribution in [0, 0.1) is 0 Å². The van der Waals surface area contributed by atoms with Gasteiger partial charge in [-0.25, -0.2) is 4.98 Å². The summed E-state index contributed by atoms with van der Waals surface area (Å²) in [5.41, 5.74) is -0.888. The van der Waals surface area contributed by atoms with E-state index in [-0.39, 0.29) is 11.2 Å². The van der Waals surface area contributed by atoms with E-state index < -0.39 is 11.7 Å². The van der Waals surface area contributed by atoms with E-state index in [0.29, 0.717) is 9.49 Å². The molecule has 0 radical (unpaired) electrons. The van der Waals surface area contributed by atoms with Crippen LogP contribution in [0.2, 0.25) is 0 Å². The molecule has 0 saturated carbocycles. The Hall–Kier alpha value is -2.42. The summed E-state index contributed by atoms with van der Waals surface area (Å²) in [6.45, 7) is 0. The maximum absolute atomic E-state index is 12.6. The average Bonchev–Trinajstić information content (AvgIpc) is 3.00. The zero-order valence-corrected chi connectivity index (χ0v) is 11.1. The van der Waals surface area contributed by atoms with Gasteiger partial charge in [-0.3, -0.25) is 4.79 Å². The van der Waals surface area contributed by atoms with Crippen LogP contribution >= 0.6 is 11.3 Å². The molecule has 0 aliphatic heterocycles. The fourth-order valence-corrected chi connectivity index (χ4v) is 2.52. The van der Waals surface area contributed by atoms with Crippen LogP contribution in [0.5, 0.6) is 0 Å². The van der Waals surface area contributed by atoms with Crippen molar-refractivity contribution in [3.05, 3.63) is 51.0 Å². The van der Waals surface area contributed by atoms with Crippen LogP contribution in [0.4, 0.5) is 18.9 Å².